The summed E-state index contributed by atoms with van der Waals surface area (Å²) < 4.78 is 2.19. The number of hydrogen-bond donors (Lipinski definition) is 1. The Morgan fingerprint density at radius 3 is 2.82 bits per heavy atom. The molecule has 0 bridgehead atoms. The van der Waals surface area contributed by atoms with Crippen molar-refractivity contribution >= 4 is 0 Å². The Labute approximate surface area is 106 Å². The van der Waals surface area contributed by atoms with Gasteiger partial charge in [-0.3, -0.25) is 0 Å². The second-order valence-corrected chi connectivity index (χ2v) is 4.68. The van der Waals surface area contributed by atoms with Gasteiger partial charge in [-0.1, -0.05) is 33.1 Å². The van der Waals surface area contributed by atoms with Gasteiger partial charge in [-0.05, 0) is 25.8 Å². The predicted octanol–water partition coefficient (Wildman–Crippen LogP) is 3.21. The zero-order valence-corrected chi connectivity index (χ0v) is 11.6. The van der Waals surface area contributed by atoms with Crippen molar-refractivity contribution in [2.24, 2.45) is 5.92 Å². The normalized spacial score (nSPS) is 12.9. The summed E-state index contributed by atoms with van der Waals surface area (Å²) >= 11 is 0. The Morgan fingerprint density at radius 2 is 2.18 bits per heavy atom. The monoisotopic (exact) mass is 237 g/mol. The molecular weight excluding hydrogens is 210 g/mol. The fraction of sp³-hybridized carbons (Fsp3) is 0.786. The molecule has 1 unspecified atom stereocenters. The summed E-state index contributed by atoms with van der Waals surface area (Å²) in [5, 5.41) is 3.54. The number of aryl methyl sites for hydroxylation is 1. The van der Waals surface area contributed by atoms with E-state index in [0.29, 0.717) is 0 Å². The lowest BCUT2D eigenvalue weighted by molar-refractivity contribution is 0.414. The molecule has 98 valence electrons. The molecule has 0 aliphatic heterocycles. The summed E-state index contributed by atoms with van der Waals surface area (Å²) in [6.07, 6.45) is 9.21. The highest BCUT2D eigenvalue weighted by Gasteiger charge is 2.06. The average Bonchev–Trinajstić information content (AvgIpc) is 2.81. The summed E-state index contributed by atoms with van der Waals surface area (Å²) in [6, 6.07) is 0. The van der Waals surface area contributed by atoms with Gasteiger partial charge in [0.2, 0.25) is 0 Å². The molecule has 3 nitrogen and oxygen atoms in total. The first-order valence-corrected chi connectivity index (χ1v) is 7.02. The van der Waals surface area contributed by atoms with Crippen LogP contribution in [0.2, 0.25) is 0 Å². The van der Waals surface area contributed by atoms with Crippen molar-refractivity contribution in [3.63, 3.8) is 0 Å². The van der Waals surface area contributed by atoms with E-state index < -0.39 is 0 Å². The van der Waals surface area contributed by atoms with Crippen molar-refractivity contribution in [3.05, 3.63) is 18.2 Å². The molecular formula is C14H27N3. The van der Waals surface area contributed by atoms with Crippen molar-refractivity contribution in [1.82, 2.24) is 14.9 Å². The second kappa shape index (κ2) is 8.29. The van der Waals surface area contributed by atoms with Crippen molar-refractivity contribution in [3.8, 4) is 0 Å². The smallest absolute Gasteiger partial charge is 0.122 e. The molecule has 0 aromatic carbocycles. The van der Waals surface area contributed by atoms with Crippen molar-refractivity contribution < 1.29 is 0 Å². The van der Waals surface area contributed by atoms with Gasteiger partial charge in [0.05, 0.1) is 6.54 Å². The van der Waals surface area contributed by atoms with Crippen LogP contribution in [0.25, 0.3) is 0 Å². The maximum atomic E-state index is 4.37. The van der Waals surface area contributed by atoms with E-state index in [0.717, 1.165) is 31.4 Å². The highest BCUT2D eigenvalue weighted by molar-refractivity contribution is 4.91. The summed E-state index contributed by atoms with van der Waals surface area (Å²) in [6.45, 7) is 9.72. The zero-order valence-electron chi connectivity index (χ0n) is 11.6. The third-order valence-electron chi connectivity index (χ3n) is 3.40. The molecule has 1 rings (SSSR count). The van der Waals surface area contributed by atoms with Crippen molar-refractivity contribution in [2.75, 3.05) is 6.54 Å². The molecule has 0 amide bonds. The molecule has 0 fully saturated rings. The van der Waals surface area contributed by atoms with Crippen LogP contribution in [0.3, 0.4) is 0 Å². The Morgan fingerprint density at radius 1 is 1.35 bits per heavy atom. The van der Waals surface area contributed by atoms with E-state index in [-0.39, 0.29) is 0 Å². The first kappa shape index (κ1) is 14.2. The molecule has 0 radical (unpaired) electrons. The van der Waals surface area contributed by atoms with E-state index in [1.54, 1.807) is 0 Å². The summed E-state index contributed by atoms with van der Waals surface area (Å²) in [5.74, 6) is 1.97. The largest absolute Gasteiger partial charge is 0.334 e. The van der Waals surface area contributed by atoms with Crippen LogP contribution in [0.5, 0.6) is 0 Å². The minimum Gasteiger partial charge on any atom is -0.334 e. The van der Waals surface area contributed by atoms with Crippen molar-refractivity contribution in [2.45, 2.75) is 59.5 Å². The number of hydrogen-bond acceptors (Lipinski definition) is 2. The lowest BCUT2D eigenvalue weighted by Gasteiger charge is -2.15. The predicted molar refractivity (Wildman–Crippen MR) is 72.9 cm³/mol. The van der Waals surface area contributed by atoms with Gasteiger partial charge in [0.15, 0.2) is 0 Å². The fourth-order valence-corrected chi connectivity index (χ4v) is 2.13. The van der Waals surface area contributed by atoms with Gasteiger partial charge < -0.3 is 9.88 Å². The third-order valence-corrected chi connectivity index (χ3v) is 3.40. The highest BCUT2D eigenvalue weighted by Crippen LogP contribution is 2.11. The lowest BCUT2D eigenvalue weighted by Crippen LogP contribution is -2.23. The number of unbranched alkanes of at least 4 members (excludes halogenated alkanes) is 1. The third kappa shape index (κ3) is 4.90. The molecule has 3 heteroatoms. The molecule has 1 heterocycles. The number of nitrogens with one attached hydrogen (secondary N) is 1. The SMILES string of the molecule is CCCCC(CC)CNCc1nccn1CC. The van der Waals surface area contributed by atoms with Crippen LogP contribution in [-0.4, -0.2) is 16.1 Å². The number of imidazole rings is 1. The molecule has 1 atom stereocenters. The molecule has 1 aromatic heterocycles. The maximum absolute atomic E-state index is 4.37. The van der Waals surface area contributed by atoms with Crippen LogP contribution in [0.1, 0.15) is 52.3 Å². The van der Waals surface area contributed by atoms with Gasteiger partial charge in [0.25, 0.3) is 0 Å². The Hall–Kier alpha value is -0.830. The Bertz CT molecular complexity index is 293. The lowest BCUT2D eigenvalue weighted by atomic mass is 9.99. The molecule has 17 heavy (non-hydrogen) atoms. The number of aromatic nitrogens is 2. The van der Waals surface area contributed by atoms with E-state index in [4.69, 9.17) is 0 Å². The topological polar surface area (TPSA) is 29.9 Å². The molecule has 0 saturated heterocycles. The van der Waals surface area contributed by atoms with Gasteiger partial charge in [-0.2, -0.15) is 0 Å². The quantitative estimate of drug-likeness (QED) is 0.714. The number of nitrogens with zero attached hydrogens (tertiary/aromatic N) is 2. The minimum atomic E-state index is 0.819. The van der Waals surface area contributed by atoms with E-state index in [2.05, 4.69) is 35.6 Å². The van der Waals surface area contributed by atoms with Gasteiger partial charge >= 0.3 is 0 Å². The van der Waals surface area contributed by atoms with Gasteiger partial charge in [0, 0.05) is 18.9 Å². The first-order chi connectivity index (χ1) is 8.31. The van der Waals surface area contributed by atoms with E-state index in [1.165, 1.54) is 25.7 Å². The minimum absolute atomic E-state index is 0.819. The fourth-order valence-electron chi connectivity index (χ4n) is 2.13. The molecule has 0 saturated carbocycles. The van der Waals surface area contributed by atoms with Crippen LogP contribution >= 0.6 is 0 Å². The standard InChI is InChI=1S/C14H27N3/c1-4-7-8-13(5-2)11-15-12-14-16-9-10-17(14)6-3/h9-10,13,15H,4-8,11-12H2,1-3H3. The van der Waals surface area contributed by atoms with Gasteiger partial charge in [-0.25, -0.2) is 4.98 Å². The Balaban J connectivity index is 2.26. The second-order valence-electron chi connectivity index (χ2n) is 4.68. The molecule has 0 spiro atoms. The van der Waals surface area contributed by atoms with Crippen LogP contribution in [0.15, 0.2) is 12.4 Å². The maximum Gasteiger partial charge on any atom is 0.122 e. The van der Waals surface area contributed by atoms with Crippen LogP contribution < -0.4 is 5.32 Å². The van der Waals surface area contributed by atoms with Crippen LogP contribution in [0, 0.1) is 5.92 Å². The van der Waals surface area contributed by atoms with E-state index >= 15 is 0 Å². The molecule has 1 N–H and O–H groups in total. The average molecular weight is 237 g/mol. The Kier molecular flexibility index (Phi) is 6.94. The summed E-state index contributed by atoms with van der Waals surface area (Å²) in [5.41, 5.74) is 0. The van der Waals surface area contributed by atoms with Gasteiger partial charge in [0.1, 0.15) is 5.82 Å². The highest BCUT2D eigenvalue weighted by atomic mass is 15.1. The van der Waals surface area contributed by atoms with Gasteiger partial charge in [-0.15, -0.1) is 0 Å². The van der Waals surface area contributed by atoms with E-state index in [9.17, 15) is 0 Å². The van der Waals surface area contributed by atoms with Crippen LogP contribution in [0.4, 0.5) is 0 Å². The molecule has 0 aliphatic rings. The zero-order chi connectivity index (χ0) is 12.5. The molecule has 0 aliphatic carbocycles. The first-order valence-electron chi connectivity index (χ1n) is 7.02. The van der Waals surface area contributed by atoms with Crippen molar-refractivity contribution in [1.29, 1.82) is 0 Å². The summed E-state index contributed by atoms with van der Waals surface area (Å²) in [4.78, 5) is 4.37. The molecule has 1 aromatic rings. The summed E-state index contributed by atoms with van der Waals surface area (Å²) in [7, 11) is 0. The number of rotatable bonds is 9. The van der Waals surface area contributed by atoms with E-state index in [1.807, 2.05) is 12.4 Å². The van der Waals surface area contributed by atoms with Crippen LogP contribution in [-0.2, 0) is 13.1 Å².